The number of aromatic nitrogens is 1. The molecule has 0 aliphatic heterocycles. The van der Waals surface area contributed by atoms with Crippen LogP contribution in [0.25, 0.3) is 22.0 Å². The van der Waals surface area contributed by atoms with Crippen molar-refractivity contribution in [2.75, 3.05) is 6.61 Å². The first-order valence-electron chi connectivity index (χ1n) is 12.5. The van der Waals surface area contributed by atoms with Gasteiger partial charge in [0.2, 0.25) is 0 Å². The molecule has 4 aromatic carbocycles. The normalized spacial score (nSPS) is 11.1. The maximum absolute atomic E-state index is 13.2. The largest absolute Gasteiger partial charge is 0.490 e. The van der Waals surface area contributed by atoms with Crippen molar-refractivity contribution in [3.05, 3.63) is 117 Å². The van der Waals surface area contributed by atoms with Crippen molar-refractivity contribution in [3.8, 4) is 22.6 Å². The van der Waals surface area contributed by atoms with Gasteiger partial charge in [-0.25, -0.2) is 10.2 Å². The van der Waals surface area contributed by atoms with Gasteiger partial charge in [0.15, 0.2) is 11.5 Å². The van der Waals surface area contributed by atoms with Crippen LogP contribution in [0.2, 0.25) is 15.1 Å². The average molecular weight is 607 g/mol. The zero-order valence-electron chi connectivity index (χ0n) is 21.6. The Bertz CT molecular complexity index is 1790. The van der Waals surface area contributed by atoms with Gasteiger partial charge in [0.05, 0.1) is 33.9 Å². The number of para-hydroxylation sites is 1. The van der Waals surface area contributed by atoms with Gasteiger partial charge >= 0.3 is 5.97 Å². The molecule has 0 radical (unpaired) electrons. The summed E-state index contributed by atoms with van der Waals surface area (Å²) in [6.45, 7) is 2.13. The van der Waals surface area contributed by atoms with Crippen molar-refractivity contribution >= 4 is 63.8 Å². The van der Waals surface area contributed by atoms with E-state index < -0.39 is 11.9 Å². The Morgan fingerprint density at radius 3 is 2.46 bits per heavy atom. The molecule has 41 heavy (non-hydrogen) atoms. The van der Waals surface area contributed by atoms with E-state index >= 15 is 0 Å². The molecular weight excluding hydrogens is 585 g/mol. The first kappa shape index (κ1) is 28.2. The lowest BCUT2D eigenvalue weighted by atomic mass is 10.0. The fraction of sp³-hybridized carbons (Fsp3) is 0.0645. The highest BCUT2D eigenvalue weighted by Crippen LogP contribution is 2.35. The van der Waals surface area contributed by atoms with Crippen LogP contribution in [0.3, 0.4) is 0 Å². The fourth-order valence-electron chi connectivity index (χ4n) is 4.25. The lowest BCUT2D eigenvalue weighted by Crippen LogP contribution is -2.18. The summed E-state index contributed by atoms with van der Waals surface area (Å²) in [4.78, 5) is 29.1. The van der Waals surface area contributed by atoms with Gasteiger partial charge in [0.25, 0.3) is 5.91 Å². The van der Waals surface area contributed by atoms with Gasteiger partial charge in [-0.05, 0) is 60.5 Å². The third kappa shape index (κ3) is 6.23. The minimum atomic E-state index is -0.658. The Kier molecular flexibility index (Phi) is 8.59. The van der Waals surface area contributed by atoms with Crippen molar-refractivity contribution in [1.82, 2.24) is 10.4 Å². The van der Waals surface area contributed by atoms with E-state index in [0.717, 1.165) is 16.5 Å². The number of hydrogen-bond acceptors (Lipinski definition) is 5. The number of H-pyrrole nitrogens is 1. The van der Waals surface area contributed by atoms with Crippen LogP contribution in [0.5, 0.6) is 11.5 Å². The van der Waals surface area contributed by atoms with E-state index in [1.54, 1.807) is 37.3 Å². The number of aromatic amines is 1. The van der Waals surface area contributed by atoms with Gasteiger partial charge in [0, 0.05) is 16.0 Å². The van der Waals surface area contributed by atoms with E-state index in [1.165, 1.54) is 18.3 Å². The van der Waals surface area contributed by atoms with Crippen molar-refractivity contribution in [3.63, 3.8) is 0 Å². The van der Waals surface area contributed by atoms with Crippen molar-refractivity contribution in [1.29, 1.82) is 0 Å². The minimum absolute atomic E-state index is 0.167. The average Bonchev–Trinajstić information content (AvgIpc) is 3.36. The van der Waals surface area contributed by atoms with E-state index in [0.29, 0.717) is 39.2 Å². The second-order valence-corrected chi connectivity index (χ2v) is 10.0. The number of ether oxygens (including phenoxy) is 2. The third-order valence-electron chi connectivity index (χ3n) is 6.07. The van der Waals surface area contributed by atoms with Gasteiger partial charge in [-0.3, -0.25) is 4.79 Å². The summed E-state index contributed by atoms with van der Waals surface area (Å²) in [5, 5.41) is 6.04. The van der Waals surface area contributed by atoms with Crippen LogP contribution in [0.1, 0.15) is 33.3 Å². The molecule has 2 N–H and O–H groups in total. The number of nitrogens with one attached hydrogen (secondary N) is 2. The maximum atomic E-state index is 13.2. The minimum Gasteiger partial charge on any atom is -0.490 e. The van der Waals surface area contributed by atoms with E-state index in [2.05, 4.69) is 15.5 Å². The molecule has 5 rings (SSSR count). The van der Waals surface area contributed by atoms with Gasteiger partial charge in [-0.1, -0.05) is 77.3 Å². The van der Waals surface area contributed by atoms with Crippen molar-refractivity contribution in [2.24, 2.45) is 5.10 Å². The number of carbonyl (C=O) groups is 2. The molecule has 0 aliphatic carbocycles. The first-order valence-corrected chi connectivity index (χ1v) is 13.6. The highest BCUT2D eigenvalue weighted by molar-refractivity contribution is 6.37. The zero-order valence-corrected chi connectivity index (χ0v) is 23.8. The summed E-state index contributed by atoms with van der Waals surface area (Å²) in [5.74, 6) is -0.582. The molecule has 7 nitrogen and oxygen atoms in total. The monoisotopic (exact) mass is 605 g/mol. The quantitative estimate of drug-likeness (QED) is 0.0806. The van der Waals surface area contributed by atoms with Crippen LogP contribution >= 0.6 is 34.8 Å². The van der Waals surface area contributed by atoms with Gasteiger partial charge in [0.1, 0.15) is 5.69 Å². The fourth-order valence-corrected chi connectivity index (χ4v) is 4.95. The standard InChI is InChI=1S/C31H22Cl3N3O4/c1-2-40-26-15-18(11-14-25(26)41-31(39)21-13-12-20(32)16-24(21)34)17-35-37-30(38)29-27(19-7-4-3-5-8-19)22-9-6-10-23(33)28(22)36-29/h3-17,36H,2H2,1H3,(H,37,38). The summed E-state index contributed by atoms with van der Waals surface area (Å²) in [5.41, 5.74) is 5.91. The molecule has 0 spiro atoms. The second-order valence-electron chi connectivity index (χ2n) is 8.76. The summed E-state index contributed by atoms with van der Waals surface area (Å²) >= 11 is 18.5. The van der Waals surface area contributed by atoms with E-state index in [4.69, 9.17) is 44.3 Å². The molecule has 0 atom stereocenters. The number of hydrazone groups is 1. The Morgan fingerprint density at radius 1 is 0.902 bits per heavy atom. The van der Waals surface area contributed by atoms with E-state index in [9.17, 15) is 9.59 Å². The number of halogens is 3. The van der Waals surface area contributed by atoms with E-state index in [-0.39, 0.29) is 16.3 Å². The van der Waals surface area contributed by atoms with Crippen molar-refractivity contribution < 1.29 is 19.1 Å². The molecule has 1 aromatic heterocycles. The first-order chi connectivity index (χ1) is 19.9. The highest BCUT2D eigenvalue weighted by atomic mass is 35.5. The maximum Gasteiger partial charge on any atom is 0.345 e. The molecule has 5 aromatic rings. The molecule has 0 saturated carbocycles. The number of fused-ring (bicyclic) bond motifs is 1. The predicted octanol–water partition coefficient (Wildman–Crippen LogP) is 8.18. The lowest BCUT2D eigenvalue weighted by Gasteiger charge is -2.12. The molecule has 0 fully saturated rings. The summed E-state index contributed by atoms with van der Waals surface area (Å²) in [6.07, 6.45) is 1.46. The van der Waals surface area contributed by atoms with Crippen LogP contribution in [-0.2, 0) is 0 Å². The van der Waals surface area contributed by atoms with Gasteiger partial charge in [-0.15, -0.1) is 0 Å². The van der Waals surface area contributed by atoms with Crippen LogP contribution in [0, 0.1) is 0 Å². The van der Waals surface area contributed by atoms with Crippen LogP contribution in [0.4, 0.5) is 0 Å². The third-order valence-corrected chi connectivity index (χ3v) is 6.94. The number of amides is 1. The van der Waals surface area contributed by atoms with Crippen LogP contribution in [-0.4, -0.2) is 29.7 Å². The number of esters is 1. The number of rotatable bonds is 8. The Hall–Kier alpha value is -4.30. The topological polar surface area (TPSA) is 92.8 Å². The van der Waals surface area contributed by atoms with Crippen LogP contribution < -0.4 is 14.9 Å². The number of nitrogens with zero attached hydrogens (tertiary/aromatic N) is 1. The molecule has 0 unspecified atom stereocenters. The SMILES string of the molecule is CCOc1cc(C=NNC(=O)c2[nH]c3c(Cl)cccc3c2-c2ccccc2)ccc1OC(=O)c1ccc(Cl)cc1Cl. The molecule has 206 valence electrons. The lowest BCUT2D eigenvalue weighted by molar-refractivity contribution is 0.0728. The molecule has 1 amide bonds. The Balaban J connectivity index is 1.36. The number of benzene rings is 4. The second kappa shape index (κ2) is 12.5. The van der Waals surface area contributed by atoms with E-state index in [1.807, 2.05) is 42.5 Å². The predicted molar refractivity (Wildman–Crippen MR) is 163 cm³/mol. The smallest absolute Gasteiger partial charge is 0.345 e. The summed E-state index contributed by atoms with van der Waals surface area (Å²) in [6, 6.07) is 24.5. The highest BCUT2D eigenvalue weighted by Gasteiger charge is 2.20. The number of carbonyl (C=O) groups excluding carboxylic acids is 2. The molecule has 1 heterocycles. The number of hydrogen-bond donors (Lipinski definition) is 2. The van der Waals surface area contributed by atoms with Gasteiger partial charge in [-0.2, -0.15) is 5.10 Å². The molecule has 10 heteroatoms. The summed E-state index contributed by atoms with van der Waals surface area (Å²) < 4.78 is 11.2. The molecular formula is C31H22Cl3N3O4. The molecule has 0 aliphatic rings. The Labute approximate surface area is 250 Å². The zero-order chi connectivity index (χ0) is 28.9. The van der Waals surface area contributed by atoms with Crippen LogP contribution in [0.15, 0.2) is 90.0 Å². The summed E-state index contributed by atoms with van der Waals surface area (Å²) in [7, 11) is 0. The van der Waals surface area contributed by atoms with Crippen molar-refractivity contribution in [2.45, 2.75) is 6.92 Å². The Morgan fingerprint density at radius 2 is 1.71 bits per heavy atom. The molecule has 0 bridgehead atoms. The van der Waals surface area contributed by atoms with Gasteiger partial charge < -0.3 is 14.5 Å². The molecule has 0 saturated heterocycles.